The van der Waals surface area contributed by atoms with Crippen molar-refractivity contribution in [3.8, 4) is 5.75 Å². The van der Waals surface area contributed by atoms with Crippen LogP contribution in [0.1, 0.15) is 29.9 Å². The van der Waals surface area contributed by atoms with Crippen molar-refractivity contribution in [2.24, 2.45) is 0 Å². The average molecular weight is 361 g/mol. The molecule has 0 saturated heterocycles. The van der Waals surface area contributed by atoms with Gasteiger partial charge in [0, 0.05) is 6.54 Å². The largest absolute Gasteiger partial charge is 0.489 e. The number of carbonyl (C=O) groups is 1. The van der Waals surface area contributed by atoms with Gasteiger partial charge in [-0.1, -0.05) is 42.5 Å². The quantitative estimate of drug-likeness (QED) is 0.648. The van der Waals surface area contributed by atoms with Crippen molar-refractivity contribution in [1.82, 2.24) is 10.3 Å². The van der Waals surface area contributed by atoms with E-state index in [0.29, 0.717) is 12.2 Å². The molecular formula is C22H23N3O2. The molecule has 138 valence electrons. The summed E-state index contributed by atoms with van der Waals surface area (Å²) >= 11 is 0. The Morgan fingerprint density at radius 3 is 2.44 bits per heavy atom. The molecule has 0 aliphatic heterocycles. The third kappa shape index (κ3) is 5.31. The summed E-state index contributed by atoms with van der Waals surface area (Å²) in [7, 11) is 0. The summed E-state index contributed by atoms with van der Waals surface area (Å²) in [6.07, 6.45) is 1.73. The molecule has 0 saturated carbocycles. The molecule has 3 aromatic rings. The summed E-state index contributed by atoms with van der Waals surface area (Å²) in [6, 6.07) is 21.0. The molecule has 5 heteroatoms. The van der Waals surface area contributed by atoms with E-state index in [1.165, 1.54) is 0 Å². The zero-order chi connectivity index (χ0) is 19.1. The highest BCUT2D eigenvalue weighted by Crippen LogP contribution is 2.28. The first-order valence-electron chi connectivity index (χ1n) is 8.92. The minimum absolute atomic E-state index is 0.0850. The number of carbonyl (C=O) groups excluding carboxylic acids is 1. The van der Waals surface area contributed by atoms with Crippen LogP contribution in [0.3, 0.4) is 0 Å². The molecule has 0 atom stereocenters. The van der Waals surface area contributed by atoms with Gasteiger partial charge < -0.3 is 15.4 Å². The van der Waals surface area contributed by atoms with Crippen molar-refractivity contribution < 1.29 is 9.53 Å². The zero-order valence-electron chi connectivity index (χ0n) is 15.5. The zero-order valence-corrected chi connectivity index (χ0v) is 15.5. The third-order valence-corrected chi connectivity index (χ3v) is 3.82. The van der Waals surface area contributed by atoms with Gasteiger partial charge in [-0.2, -0.15) is 0 Å². The average Bonchev–Trinajstić information content (AvgIpc) is 2.69. The summed E-state index contributed by atoms with van der Waals surface area (Å²) in [5.74, 6) is 0.575. The Labute approximate surface area is 159 Å². The van der Waals surface area contributed by atoms with Crippen LogP contribution >= 0.6 is 0 Å². The van der Waals surface area contributed by atoms with Crippen molar-refractivity contribution >= 4 is 17.3 Å². The molecule has 0 aliphatic rings. The van der Waals surface area contributed by atoms with Gasteiger partial charge in [0.1, 0.15) is 11.4 Å². The smallest absolute Gasteiger partial charge is 0.270 e. The van der Waals surface area contributed by atoms with E-state index in [1.54, 1.807) is 12.3 Å². The number of anilines is 2. The molecule has 27 heavy (non-hydrogen) atoms. The van der Waals surface area contributed by atoms with Crippen LogP contribution in [0.15, 0.2) is 72.9 Å². The fourth-order valence-corrected chi connectivity index (χ4v) is 2.55. The number of aromatic nitrogens is 1. The van der Waals surface area contributed by atoms with Crippen molar-refractivity contribution in [2.45, 2.75) is 26.5 Å². The molecule has 2 aromatic carbocycles. The van der Waals surface area contributed by atoms with Gasteiger partial charge in [-0.25, -0.2) is 4.98 Å². The maximum atomic E-state index is 12.2. The van der Waals surface area contributed by atoms with Crippen LogP contribution in [-0.2, 0) is 6.54 Å². The molecule has 3 rings (SSSR count). The molecular weight excluding hydrogens is 338 g/mol. The molecule has 0 radical (unpaired) electrons. The second-order valence-electron chi connectivity index (χ2n) is 6.39. The summed E-state index contributed by atoms with van der Waals surface area (Å²) in [5, 5.41) is 6.16. The number of rotatable bonds is 7. The van der Waals surface area contributed by atoms with E-state index in [-0.39, 0.29) is 12.0 Å². The molecule has 2 N–H and O–H groups in total. The van der Waals surface area contributed by atoms with Gasteiger partial charge in [0.15, 0.2) is 0 Å². The minimum atomic E-state index is -0.200. The molecule has 5 nitrogen and oxygen atoms in total. The topological polar surface area (TPSA) is 63.2 Å². The Morgan fingerprint density at radius 1 is 1.00 bits per heavy atom. The number of benzene rings is 2. The van der Waals surface area contributed by atoms with Crippen LogP contribution in [0.2, 0.25) is 0 Å². The Balaban J connectivity index is 1.63. The lowest BCUT2D eigenvalue weighted by Gasteiger charge is -2.15. The first kappa shape index (κ1) is 18.5. The summed E-state index contributed by atoms with van der Waals surface area (Å²) in [6.45, 7) is 4.45. The number of hydrogen-bond acceptors (Lipinski definition) is 4. The highest BCUT2D eigenvalue weighted by atomic mass is 16.5. The van der Waals surface area contributed by atoms with Gasteiger partial charge in [0.05, 0.1) is 23.7 Å². The van der Waals surface area contributed by atoms with Crippen LogP contribution in [0.5, 0.6) is 5.75 Å². The Kier molecular flexibility index (Phi) is 6.05. The van der Waals surface area contributed by atoms with Crippen molar-refractivity contribution in [2.75, 3.05) is 5.32 Å². The van der Waals surface area contributed by atoms with Crippen LogP contribution in [0.25, 0.3) is 0 Å². The van der Waals surface area contributed by atoms with E-state index in [0.717, 1.165) is 22.7 Å². The second kappa shape index (κ2) is 8.85. The molecule has 1 aromatic heterocycles. The van der Waals surface area contributed by atoms with Crippen LogP contribution in [-0.4, -0.2) is 17.0 Å². The molecule has 0 fully saturated rings. The van der Waals surface area contributed by atoms with E-state index >= 15 is 0 Å². The first-order valence-corrected chi connectivity index (χ1v) is 8.92. The molecule has 0 bridgehead atoms. The SMILES string of the molecule is CC(C)Oc1ccccc1Nc1ccc(C(=O)NCc2ccccc2)nc1. The number of para-hydroxylation sites is 2. The van der Waals surface area contributed by atoms with Gasteiger partial charge in [-0.05, 0) is 43.7 Å². The normalized spacial score (nSPS) is 10.5. The van der Waals surface area contributed by atoms with Gasteiger partial charge in [0.25, 0.3) is 5.91 Å². The molecule has 1 heterocycles. The minimum Gasteiger partial charge on any atom is -0.489 e. The van der Waals surface area contributed by atoms with Crippen molar-refractivity contribution in [3.05, 3.63) is 84.2 Å². The maximum absolute atomic E-state index is 12.2. The van der Waals surface area contributed by atoms with E-state index in [4.69, 9.17) is 4.74 Å². The number of amides is 1. The predicted octanol–water partition coefficient (Wildman–Crippen LogP) is 4.54. The van der Waals surface area contributed by atoms with Crippen LogP contribution < -0.4 is 15.4 Å². The fourth-order valence-electron chi connectivity index (χ4n) is 2.55. The van der Waals surface area contributed by atoms with Gasteiger partial charge in [-0.3, -0.25) is 4.79 Å². The van der Waals surface area contributed by atoms with Gasteiger partial charge >= 0.3 is 0 Å². The Hall–Kier alpha value is -3.34. The number of hydrogen-bond donors (Lipinski definition) is 2. The highest BCUT2D eigenvalue weighted by molar-refractivity contribution is 5.92. The second-order valence-corrected chi connectivity index (χ2v) is 6.39. The Bertz CT molecular complexity index is 878. The van der Waals surface area contributed by atoms with E-state index in [2.05, 4.69) is 15.6 Å². The number of nitrogens with zero attached hydrogens (tertiary/aromatic N) is 1. The predicted molar refractivity (Wildman–Crippen MR) is 107 cm³/mol. The number of pyridine rings is 1. The van der Waals surface area contributed by atoms with E-state index in [9.17, 15) is 4.79 Å². The lowest BCUT2D eigenvalue weighted by atomic mass is 10.2. The molecule has 0 unspecified atom stereocenters. The van der Waals surface area contributed by atoms with Crippen molar-refractivity contribution in [1.29, 1.82) is 0 Å². The first-order chi connectivity index (χ1) is 13.1. The lowest BCUT2D eigenvalue weighted by molar-refractivity contribution is 0.0946. The van der Waals surface area contributed by atoms with Crippen LogP contribution in [0.4, 0.5) is 11.4 Å². The van der Waals surface area contributed by atoms with Gasteiger partial charge in [-0.15, -0.1) is 0 Å². The molecule has 0 aliphatic carbocycles. The Morgan fingerprint density at radius 2 is 1.74 bits per heavy atom. The monoisotopic (exact) mass is 361 g/mol. The summed E-state index contributed by atoms with van der Waals surface area (Å²) in [4.78, 5) is 16.5. The fraction of sp³-hybridized carbons (Fsp3) is 0.182. The third-order valence-electron chi connectivity index (χ3n) is 3.82. The molecule has 1 amide bonds. The molecule has 0 spiro atoms. The summed E-state index contributed by atoms with van der Waals surface area (Å²) in [5.41, 5.74) is 3.07. The maximum Gasteiger partial charge on any atom is 0.270 e. The van der Waals surface area contributed by atoms with Crippen LogP contribution in [0, 0.1) is 0 Å². The number of ether oxygens (including phenoxy) is 1. The van der Waals surface area contributed by atoms with Gasteiger partial charge in [0.2, 0.25) is 0 Å². The lowest BCUT2D eigenvalue weighted by Crippen LogP contribution is -2.23. The highest BCUT2D eigenvalue weighted by Gasteiger charge is 2.09. The van der Waals surface area contributed by atoms with E-state index in [1.807, 2.05) is 74.5 Å². The van der Waals surface area contributed by atoms with E-state index < -0.39 is 0 Å². The van der Waals surface area contributed by atoms with Crippen molar-refractivity contribution in [3.63, 3.8) is 0 Å². The number of nitrogens with one attached hydrogen (secondary N) is 2. The standard InChI is InChI=1S/C22H23N3O2/c1-16(2)27-21-11-7-6-10-19(21)25-18-12-13-20(23-15-18)22(26)24-14-17-8-4-3-5-9-17/h3-13,15-16,25H,14H2,1-2H3,(H,24,26). The summed E-state index contributed by atoms with van der Waals surface area (Å²) < 4.78 is 5.81.